The molecule has 1 aliphatic rings. The molecule has 110 valence electrons. The van der Waals surface area contributed by atoms with E-state index in [2.05, 4.69) is 34.1 Å². The molecule has 1 aliphatic heterocycles. The Bertz CT molecular complexity index is 665. The Morgan fingerprint density at radius 1 is 1.33 bits per heavy atom. The number of pyridine rings is 1. The van der Waals surface area contributed by atoms with Gasteiger partial charge in [0.2, 0.25) is 0 Å². The highest BCUT2D eigenvalue weighted by atomic mass is 16.1. The molecule has 1 saturated heterocycles. The van der Waals surface area contributed by atoms with Crippen molar-refractivity contribution in [2.24, 2.45) is 0 Å². The minimum absolute atomic E-state index is 0.0889. The molecule has 0 saturated carbocycles. The highest BCUT2D eigenvalue weighted by Crippen LogP contribution is 2.24. The zero-order valence-electron chi connectivity index (χ0n) is 12.8. The molecule has 0 aliphatic carbocycles. The molecule has 21 heavy (non-hydrogen) atoms. The van der Waals surface area contributed by atoms with Gasteiger partial charge in [-0.1, -0.05) is 24.6 Å². The number of piperidine rings is 1. The number of carbonyl (C=O) groups is 1. The molecule has 0 spiro atoms. The summed E-state index contributed by atoms with van der Waals surface area (Å²) in [5.74, 6) is 0.296. The van der Waals surface area contributed by atoms with Crippen LogP contribution in [-0.2, 0) is 11.3 Å². The molecule has 1 aromatic carbocycles. The summed E-state index contributed by atoms with van der Waals surface area (Å²) in [5, 5.41) is 1.20. The molecule has 0 bridgehead atoms. The van der Waals surface area contributed by atoms with Crippen molar-refractivity contribution in [3.05, 3.63) is 41.6 Å². The fourth-order valence-electron chi connectivity index (χ4n) is 3.39. The van der Waals surface area contributed by atoms with E-state index in [9.17, 15) is 4.79 Å². The summed E-state index contributed by atoms with van der Waals surface area (Å²) in [6, 6.07) is 10.5. The van der Waals surface area contributed by atoms with Gasteiger partial charge in [0.15, 0.2) is 0 Å². The number of likely N-dealkylation sites (tertiary alicyclic amines) is 1. The SMILES string of the molecule is CC(=O)C1CCCCN1Cc1cc(C)nc2ccccc12. The highest BCUT2D eigenvalue weighted by Gasteiger charge is 2.26. The van der Waals surface area contributed by atoms with E-state index in [4.69, 9.17) is 0 Å². The average Bonchev–Trinajstić information content (AvgIpc) is 2.47. The molecule has 2 aromatic rings. The van der Waals surface area contributed by atoms with Gasteiger partial charge in [0.25, 0.3) is 0 Å². The van der Waals surface area contributed by atoms with Gasteiger partial charge in [-0.2, -0.15) is 0 Å². The standard InChI is InChI=1S/C18H22N2O/c1-13-11-15(16-7-3-4-8-17(16)19-13)12-20-10-6-5-9-18(20)14(2)21/h3-4,7-8,11,18H,5-6,9-10,12H2,1-2H3. The first-order chi connectivity index (χ1) is 10.1. The largest absolute Gasteiger partial charge is 0.298 e. The van der Waals surface area contributed by atoms with E-state index < -0.39 is 0 Å². The lowest BCUT2D eigenvalue weighted by molar-refractivity contribution is -0.123. The molecular formula is C18H22N2O. The highest BCUT2D eigenvalue weighted by molar-refractivity contribution is 5.83. The number of rotatable bonds is 3. The van der Waals surface area contributed by atoms with Crippen molar-refractivity contribution in [3.8, 4) is 0 Å². The number of nitrogens with zero attached hydrogens (tertiary/aromatic N) is 2. The van der Waals surface area contributed by atoms with Crippen molar-refractivity contribution in [2.75, 3.05) is 6.54 Å². The lowest BCUT2D eigenvalue weighted by Gasteiger charge is -2.34. The van der Waals surface area contributed by atoms with Gasteiger partial charge < -0.3 is 0 Å². The third-order valence-corrected chi connectivity index (χ3v) is 4.39. The van der Waals surface area contributed by atoms with Gasteiger partial charge in [-0.3, -0.25) is 14.7 Å². The van der Waals surface area contributed by atoms with Crippen molar-refractivity contribution < 1.29 is 4.79 Å². The lowest BCUT2D eigenvalue weighted by Crippen LogP contribution is -2.43. The first kappa shape index (κ1) is 14.2. The minimum Gasteiger partial charge on any atom is -0.298 e. The van der Waals surface area contributed by atoms with Gasteiger partial charge in [-0.25, -0.2) is 0 Å². The fraction of sp³-hybridized carbons (Fsp3) is 0.444. The van der Waals surface area contributed by atoms with Crippen LogP contribution in [0.4, 0.5) is 0 Å². The summed E-state index contributed by atoms with van der Waals surface area (Å²) in [5.41, 5.74) is 3.37. The molecule has 1 atom stereocenters. The van der Waals surface area contributed by atoms with Gasteiger partial charge >= 0.3 is 0 Å². The van der Waals surface area contributed by atoms with Gasteiger partial charge in [0.05, 0.1) is 11.6 Å². The number of benzene rings is 1. The van der Waals surface area contributed by atoms with Crippen LogP contribution in [-0.4, -0.2) is 28.3 Å². The van der Waals surface area contributed by atoms with Crippen LogP contribution in [0.5, 0.6) is 0 Å². The molecule has 3 nitrogen and oxygen atoms in total. The van der Waals surface area contributed by atoms with Crippen LogP contribution in [0.15, 0.2) is 30.3 Å². The molecule has 0 N–H and O–H groups in total. The normalized spacial score (nSPS) is 19.8. The number of fused-ring (bicyclic) bond motifs is 1. The number of hydrogen-bond donors (Lipinski definition) is 0. The zero-order chi connectivity index (χ0) is 14.8. The van der Waals surface area contributed by atoms with E-state index in [-0.39, 0.29) is 6.04 Å². The smallest absolute Gasteiger partial charge is 0.146 e. The number of Topliss-reactive ketones (excluding diaryl/α,β-unsaturated/α-hetero) is 1. The Morgan fingerprint density at radius 2 is 2.14 bits per heavy atom. The molecular weight excluding hydrogens is 260 g/mol. The Kier molecular flexibility index (Phi) is 4.02. The van der Waals surface area contributed by atoms with Gasteiger partial charge in [0.1, 0.15) is 5.78 Å². The maximum absolute atomic E-state index is 11.9. The molecule has 1 fully saturated rings. The van der Waals surface area contributed by atoms with Crippen LogP contribution in [0.3, 0.4) is 0 Å². The fourth-order valence-corrected chi connectivity index (χ4v) is 3.39. The summed E-state index contributed by atoms with van der Waals surface area (Å²) in [4.78, 5) is 18.8. The number of carbonyl (C=O) groups excluding carboxylic acids is 1. The number of ketones is 1. The summed E-state index contributed by atoms with van der Waals surface area (Å²) < 4.78 is 0. The van der Waals surface area contributed by atoms with Crippen LogP contribution in [0.1, 0.15) is 37.4 Å². The van der Waals surface area contributed by atoms with Crippen LogP contribution in [0, 0.1) is 6.92 Å². The quantitative estimate of drug-likeness (QED) is 0.864. The van der Waals surface area contributed by atoms with Crippen LogP contribution in [0.25, 0.3) is 10.9 Å². The minimum atomic E-state index is 0.0889. The Labute approximate surface area is 126 Å². The molecule has 3 heteroatoms. The van der Waals surface area contributed by atoms with Crippen molar-refractivity contribution in [1.82, 2.24) is 9.88 Å². The van der Waals surface area contributed by atoms with Crippen molar-refractivity contribution in [3.63, 3.8) is 0 Å². The van der Waals surface area contributed by atoms with E-state index in [1.807, 2.05) is 13.0 Å². The number of hydrogen-bond acceptors (Lipinski definition) is 3. The van der Waals surface area contributed by atoms with Gasteiger partial charge in [0, 0.05) is 17.6 Å². The van der Waals surface area contributed by atoms with E-state index >= 15 is 0 Å². The molecule has 1 unspecified atom stereocenters. The van der Waals surface area contributed by atoms with E-state index in [1.54, 1.807) is 6.92 Å². The van der Waals surface area contributed by atoms with Crippen LogP contribution < -0.4 is 0 Å². The van der Waals surface area contributed by atoms with Crippen LogP contribution >= 0.6 is 0 Å². The Hall–Kier alpha value is -1.74. The topological polar surface area (TPSA) is 33.2 Å². The third kappa shape index (κ3) is 2.98. The zero-order valence-corrected chi connectivity index (χ0v) is 12.8. The van der Waals surface area contributed by atoms with Gasteiger partial charge in [-0.05, 0) is 50.9 Å². The first-order valence-corrected chi connectivity index (χ1v) is 7.75. The second-order valence-corrected chi connectivity index (χ2v) is 6.03. The molecule has 1 aromatic heterocycles. The van der Waals surface area contributed by atoms with Crippen molar-refractivity contribution in [2.45, 2.75) is 45.7 Å². The van der Waals surface area contributed by atoms with Crippen molar-refractivity contribution >= 4 is 16.7 Å². The maximum Gasteiger partial charge on any atom is 0.146 e. The summed E-state index contributed by atoms with van der Waals surface area (Å²) in [7, 11) is 0. The predicted octanol–water partition coefficient (Wildman–Crippen LogP) is 3.49. The first-order valence-electron chi connectivity index (χ1n) is 7.75. The molecule has 0 amide bonds. The second-order valence-electron chi connectivity index (χ2n) is 6.03. The van der Waals surface area contributed by atoms with E-state index in [0.717, 1.165) is 37.1 Å². The van der Waals surface area contributed by atoms with E-state index in [0.29, 0.717) is 5.78 Å². The molecule has 3 rings (SSSR count). The third-order valence-electron chi connectivity index (χ3n) is 4.39. The maximum atomic E-state index is 11.9. The monoisotopic (exact) mass is 282 g/mol. The van der Waals surface area contributed by atoms with Crippen molar-refractivity contribution in [1.29, 1.82) is 0 Å². The van der Waals surface area contributed by atoms with Crippen LogP contribution in [0.2, 0.25) is 0 Å². The number of aryl methyl sites for hydroxylation is 1. The van der Waals surface area contributed by atoms with E-state index in [1.165, 1.54) is 17.4 Å². The second kappa shape index (κ2) is 5.94. The lowest BCUT2D eigenvalue weighted by atomic mass is 9.97. The Balaban J connectivity index is 1.95. The van der Waals surface area contributed by atoms with Gasteiger partial charge in [-0.15, -0.1) is 0 Å². The molecule has 0 radical (unpaired) electrons. The number of para-hydroxylation sites is 1. The predicted molar refractivity (Wildman–Crippen MR) is 85.2 cm³/mol. The Morgan fingerprint density at radius 3 is 2.95 bits per heavy atom. The molecule has 2 heterocycles. The average molecular weight is 282 g/mol. The summed E-state index contributed by atoms with van der Waals surface area (Å²) in [6.07, 6.45) is 3.35. The summed E-state index contributed by atoms with van der Waals surface area (Å²) in [6.45, 7) is 5.61. The summed E-state index contributed by atoms with van der Waals surface area (Å²) >= 11 is 0. The number of aromatic nitrogens is 1.